The summed E-state index contributed by atoms with van der Waals surface area (Å²) < 4.78 is 0. The zero-order chi connectivity index (χ0) is 15.0. The second-order valence-electron chi connectivity index (χ2n) is 3.15. The molecule has 6 N–H and O–H groups in total. The Hall–Kier alpha value is -2.52. The summed E-state index contributed by atoms with van der Waals surface area (Å²) >= 11 is 0. The molecule has 1 aromatic heterocycles. The Morgan fingerprint density at radius 3 is 1.74 bits per heavy atom. The molecule has 2 unspecified atom stereocenters. The first kappa shape index (κ1) is 16.5. The lowest BCUT2D eigenvalue weighted by Crippen LogP contribution is -2.39. The van der Waals surface area contributed by atoms with Crippen molar-refractivity contribution in [1.29, 1.82) is 0 Å². The number of aromatic nitrogens is 1. The van der Waals surface area contributed by atoms with Gasteiger partial charge in [-0.25, -0.2) is 9.59 Å². The number of aliphatic carboxylic acids is 2. The van der Waals surface area contributed by atoms with Crippen LogP contribution in [-0.2, 0) is 9.59 Å². The Kier molecular flexibility index (Phi) is 6.71. The molecule has 0 aromatic carbocycles. The van der Waals surface area contributed by atoms with Gasteiger partial charge in [-0.3, -0.25) is 9.78 Å². The van der Waals surface area contributed by atoms with Crippen molar-refractivity contribution in [3.05, 3.63) is 30.1 Å². The topological polar surface area (TPSA) is 171 Å². The van der Waals surface area contributed by atoms with Crippen LogP contribution in [0.1, 0.15) is 10.5 Å². The minimum absolute atomic E-state index is 0.303. The van der Waals surface area contributed by atoms with Crippen LogP contribution in [0.25, 0.3) is 0 Å². The molecule has 1 rings (SSSR count). The number of hydrogen-bond acceptors (Lipinski definition) is 6. The minimum Gasteiger partial charge on any atom is -0.479 e. The third-order valence-electron chi connectivity index (χ3n) is 1.72. The quantitative estimate of drug-likeness (QED) is 0.421. The molecule has 9 nitrogen and oxygen atoms in total. The molecule has 0 fully saturated rings. The van der Waals surface area contributed by atoms with E-state index in [4.69, 9.17) is 26.2 Å². The first-order valence-corrected chi connectivity index (χ1v) is 4.80. The van der Waals surface area contributed by atoms with Crippen molar-refractivity contribution in [3.63, 3.8) is 0 Å². The molecular weight excluding hydrogens is 260 g/mol. The monoisotopic (exact) mass is 272 g/mol. The fraction of sp³-hybridized carbons (Fsp3) is 0.200. The van der Waals surface area contributed by atoms with Crippen LogP contribution in [0.15, 0.2) is 24.4 Å². The zero-order valence-electron chi connectivity index (χ0n) is 9.50. The van der Waals surface area contributed by atoms with Gasteiger partial charge in [-0.05, 0) is 12.1 Å². The van der Waals surface area contributed by atoms with Gasteiger partial charge >= 0.3 is 11.9 Å². The third kappa shape index (κ3) is 6.10. The molecule has 0 saturated heterocycles. The molecule has 1 heterocycles. The molecule has 9 heteroatoms. The van der Waals surface area contributed by atoms with Crippen molar-refractivity contribution in [3.8, 4) is 0 Å². The number of pyridine rings is 1. The van der Waals surface area contributed by atoms with Gasteiger partial charge in [0.25, 0.3) is 5.91 Å². The average molecular weight is 272 g/mol. The Morgan fingerprint density at radius 1 is 1.05 bits per heavy atom. The van der Waals surface area contributed by atoms with E-state index in [0.29, 0.717) is 5.69 Å². The average Bonchev–Trinajstić information content (AvgIpc) is 2.38. The van der Waals surface area contributed by atoms with Gasteiger partial charge in [0.2, 0.25) is 0 Å². The van der Waals surface area contributed by atoms with Crippen LogP contribution < -0.4 is 5.73 Å². The van der Waals surface area contributed by atoms with Crippen molar-refractivity contribution in [2.45, 2.75) is 12.2 Å². The predicted octanol–water partition coefficient (Wildman–Crippen LogP) is -1.94. The number of aliphatic hydroxyl groups is 2. The molecule has 0 saturated carbocycles. The lowest BCUT2D eigenvalue weighted by Gasteiger charge is -2.07. The van der Waals surface area contributed by atoms with Gasteiger partial charge < -0.3 is 26.2 Å². The fourth-order valence-electron chi connectivity index (χ4n) is 0.779. The highest BCUT2D eigenvalue weighted by Crippen LogP contribution is 1.92. The molecule has 0 bridgehead atoms. The minimum atomic E-state index is -2.27. The summed E-state index contributed by atoms with van der Waals surface area (Å²) in [5.74, 6) is -4.03. The number of nitrogens with zero attached hydrogens (tertiary/aromatic N) is 1. The first-order valence-electron chi connectivity index (χ1n) is 4.80. The molecule has 1 aromatic rings. The molecule has 0 radical (unpaired) electrons. The zero-order valence-corrected chi connectivity index (χ0v) is 9.50. The number of carboxylic acids is 2. The number of rotatable bonds is 4. The summed E-state index contributed by atoms with van der Waals surface area (Å²) in [6, 6.07) is 5.02. The molecule has 0 aliphatic rings. The smallest absolute Gasteiger partial charge is 0.335 e. The summed E-state index contributed by atoms with van der Waals surface area (Å²) in [6.07, 6.45) is -3.00. The molecular formula is C10H12N2O7. The van der Waals surface area contributed by atoms with E-state index in [1.165, 1.54) is 6.20 Å². The van der Waals surface area contributed by atoms with Crippen LogP contribution in [0.2, 0.25) is 0 Å². The number of nitrogens with two attached hydrogens (primary N) is 1. The van der Waals surface area contributed by atoms with Crippen LogP contribution in [-0.4, -0.2) is 55.5 Å². The Balaban J connectivity index is 0.000000342. The van der Waals surface area contributed by atoms with Gasteiger partial charge in [0.15, 0.2) is 12.2 Å². The van der Waals surface area contributed by atoms with Crippen molar-refractivity contribution in [1.82, 2.24) is 4.98 Å². The van der Waals surface area contributed by atoms with Crippen LogP contribution in [0.3, 0.4) is 0 Å². The highest BCUT2D eigenvalue weighted by Gasteiger charge is 2.29. The van der Waals surface area contributed by atoms with E-state index in [-0.39, 0.29) is 0 Å². The predicted molar refractivity (Wildman–Crippen MR) is 60.0 cm³/mol. The van der Waals surface area contributed by atoms with E-state index in [1.807, 2.05) is 0 Å². The van der Waals surface area contributed by atoms with Gasteiger partial charge in [-0.2, -0.15) is 0 Å². The number of primary amides is 1. The van der Waals surface area contributed by atoms with Crippen molar-refractivity contribution >= 4 is 17.8 Å². The molecule has 2 atom stereocenters. The molecule has 19 heavy (non-hydrogen) atoms. The highest BCUT2D eigenvalue weighted by molar-refractivity contribution is 5.90. The first-order chi connectivity index (χ1) is 8.77. The summed E-state index contributed by atoms with van der Waals surface area (Å²) in [7, 11) is 0. The van der Waals surface area contributed by atoms with Crippen molar-refractivity contribution in [2.24, 2.45) is 5.73 Å². The van der Waals surface area contributed by atoms with Gasteiger partial charge in [0, 0.05) is 6.20 Å². The highest BCUT2D eigenvalue weighted by atomic mass is 16.4. The van der Waals surface area contributed by atoms with E-state index in [1.54, 1.807) is 18.2 Å². The van der Waals surface area contributed by atoms with E-state index in [0.717, 1.165) is 0 Å². The van der Waals surface area contributed by atoms with Gasteiger partial charge in [-0.15, -0.1) is 0 Å². The number of carbonyl (C=O) groups excluding carboxylic acids is 1. The largest absolute Gasteiger partial charge is 0.479 e. The lowest BCUT2D eigenvalue weighted by atomic mass is 10.2. The number of aliphatic hydroxyl groups excluding tert-OH is 2. The van der Waals surface area contributed by atoms with E-state index >= 15 is 0 Å². The maximum Gasteiger partial charge on any atom is 0.335 e. The van der Waals surface area contributed by atoms with Crippen LogP contribution in [0, 0.1) is 0 Å². The summed E-state index contributed by atoms with van der Waals surface area (Å²) in [4.78, 5) is 33.6. The van der Waals surface area contributed by atoms with Gasteiger partial charge in [0.1, 0.15) is 5.69 Å². The maximum atomic E-state index is 10.4. The fourth-order valence-corrected chi connectivity index (χ4v) is 0.779. The second-order valence-corrected chi connectivity index (χ2v) is 3.15. The van der Waals surface area contributed by atoms with E-state index in [2.05, 4.69) is 4.98 Å². The Morgan fingerprint density at radius 2 is 1.53 bits per heavy atom. The van der Waals surface area contributed by atoms with Gasteiger partial charge in [-0.1, -0.05) is 6.07 Å². The SMILES string of the molecule is NC(=O)c1ccccn1.O=C(O)C(O)C(O)C(=O)O. The number of carboxylic acid groups (broad SMARTS) is 2. The molecule has 0 spiro atoms. The Labute approximate surface area is 106 Å². The summed E-state index contributed by atoms with van der Waals surface area (Å²) in [5, 5.41) is 32.5. The lowest BCUT2D eigenvalue weighted by molar-refractivity contribution is -0.165. The molecule has 0 aliphatic heterocycles. The molecule has 0 aliphatic carbocycles. The van der Waals surface area contributed by atoms with Gasteiger partial charge in [0.05, 0.1) is 0 Å². The normalized spacial score (nSPS) is 12.5. The Bertz CT molecular complexity index is 430. The maximum absolute atomic E-state index is 10.4. The van der Waals surface area contributed by atoms with E-state index in [9.17, 15) is 14.4 Å². The summed E-state index contributed by atoms with van der Waals surface area (Å²) in [5.41, 5.74) is 5.22. The molecule has 104 valence electrons. The van der Waals surface area contributed by atoms with Crippen LogP contribution >= 0.6 is 0 Å². The van der Waals surface area contributed by atoms with E-state index < -0.39 is 30.1 Å². The third-order valence-corrected chi connectivity index (χ3v) is 1.72. The number of carbonyl (C=O) groups is 3. The standard InChI is InChI=1S/C6H6N2O.C4H6O6/c7-6(9)5-3-1-2-4-8-5;5-1(3(7)8)2(6)4(9)10/h1-4H,(H2,7,9);1-2,5-6H,(H,7,8)(H,9,10). The van der Waals surface area contributed by atoms with Crippen LogP contribution in [0.4, 0.5) is 0 Å². The number of amides is 1. The van der Waals surface area contributed by atoms with Crippen molar-refractivity contribution in [2.75, 3.05) is 0 Å². The summed E-state index contributed by atoms with van der Waals surface area (Å²) in [6.45, 7) is 0. The van der Waals surface area contributed by atoms with Crippen molar-refractivity contribution < 1.29 is 34.8 Å². The number of hydrogen-bond donors (Lipinski definition) is 5. The van der Waals surface area contributed by atoms with Crippen LogP contribution in [0.5, 0.6) is 0 Å². The molecule has 1 amide bonds. The second kappa shape index (κ2) is 7.74.